The number of likely N-dealkylation sites (N-methyl/N-ethyl adjacent to an activating group) is 1. The number of carboxylic acid groups (broad SMARTS) is 1. The SMILES string of the molecule is CN1CCOC(CNCC2CCC(C(=O)O)CC2)C1. The van der Waals surface area contributed by atoms with E-state index in [-0.39, 0.29) is 5.92 Å². The van der Waals surface area contributed by atoms with Gasteiger partial charge in [-0.3, -0.25) is 4.79 Å². The van der Waals surface area contributed by atoms with E-state index in [9.17, 15) is 4.79 Å². The van der Waals surface area contributed by atoms with Crippen LogP contribution in [0.3, 0.4) is 0 Å². The molecular formula is C14H26N2O3. The Kier molecular flexibility index (Phi) is 5.60. The monoisotopic (exact) mass is 270 g/mol. The summed E-state index contributed by atoms with van der Waals surface area (Å²) < 4.78 is 5.70. The summed E-state index contributed by atoms with van der Waals surface area (Å²) in [6, 6.07) is 0. The van der Waals surface area contributed by atoms with Crippen molar-refractivity contribution >= 4 is 5.97 Å². The molecule has 5 heteroatoms. The summed E-state index contributed by atoms with van der Waals surface area (Å²) in [5.74, 6) is -0.0893. The summed E-state index contributed by atoms with van der Waals surface area (Å²) >= 11 is 0. The number of aliphatic carboxylic acids is 1. The van der Waals surface area contributed by atoms with Gasteiger partial charge in [-0.25, -0.2) is 0 Å². The fraction of sp³-hybridized carbons (Fsp3) is 0.929. The second-order valence-corrected chi connectivity index (χ2v) is 5.97. The summed E-state index contributed by atoms with van der Waals surface area (Å²) in [7, 11) is 2.13. The van der Waals surface area contributed by atoms with Crippen molar-refractivity contribution in [3.05, 3.63) is 0 Å². The molecule has 2 rings (SSSR count). The largest absolute Gasteiger partial charge is 0.481 e. The van der Waals surface area contributed by atoms with Crippen LogP contribution in [0.4, 0.5) is 0 Å². The van der Waals surface area contributed by atoms with Crippen LogP contribution in [-0.2, 0) is 9.53 Å². The lowest BCUT2D eigenvalue weighted by atomic mass is 9.82. The summed E-state index contributed by atoms with van der Waals surface area (Å²) in [6.07, 6.45) is 4.05. The van der Waals surface area contributed by atoms with Crippen LogP contribution in [-0.4, -0.2) is 61.9 Å². The molecule has 0 aromatic heterocycles. The molecule has 19 heavy (non-hydrogen) atoms. The molecule has 0 aromatic rings. The summed E-state index contributed by atoms with van der Waals surface area (Å²) in [5, 5.41) is 12.4. The van der Waals surface area contributed by atoms with E-state index >= 15 is 0 Å². The molecule has 1 aliphatic carbocycles. The maximum atomic E-state index is 10.9. The maximum Gasteiger partial charge on any atom is 0.306 e. The van der Waals surface area contributed by atoms with Crippen molar-refractivity contribution in [2.75, 3.05) is 39.8 Å². The number of carbonyl (C=O) groups is 1. The first kappa shape index (κ1) is 14.8. The van der Waals surface area contributed by atoms with E-state index < -0.39 is 5.97 Å². The summed E-state index contributed by atoms with van der Waals surface area (Å²) in [6.45, 7) is 4.75. The molecule has 5 nitrogen and oxygen atoms in total. The first-order valence-electron chi connectivity index (χ1n) is 7.39. The van der Waals surface area contributed by atoms with Crippen molar-refractivity contribution < 1.29 is 14.6 Å². The lowest BCUT2D eigenvalue weighted by Crippen LogP contribution is -2.45. The van der Waals surface area contributed by atoms with Gasteiger partial charge in [-0.1, -0.05) is 0 Å². The number of hydrogen-bond acceptors (Lipinski definition) is 4. The van der Waals surface area contributed by atoms with Crippen molar-refractivity contribution in [1.82, 2.24) is 10.2 Å². The van der Waals surface area contributed by atoms with E-state index in [4.69, 9.17) is 9.84 Å². The number of nitrogens with zero attached hydrogens (tertiary/aromatic N) is 1. The average Bonchev–Trinajstić information content (AvgIpc) is 2.39. The number of hydrogen-bond donors (Lipinski definition) is 2. The molecule has 1 heterocycles. The van der Waals surface area contributed by atoms with Gasteiger partial charge in [0.2, 0.25) is 0 Å². The molecule has 2 fully saturated rings. The topological polar surface area (TPSA) is 61.8 Å². The Bertz CT molecular complexity index is 290. The van der Waals surface area contributed by atoms with Crippen LogP contribution in [0, 0.1) is 11.8 Å². The van der Waals surface area contributed by atoms with E-state index in [2.05, 4.69) is 17.3 Å². The van der Waals surface area contributed by atoms with Gasteiger partial charge in [0.15, 0.2) is 0 Å². The van der Waals surface area contributed by atoms with Gasteiger partial charge in [-0.2, -0.15) is 0 Å². The first-order chi connectivity index (χ1) is 9.15. The van der Waals surface area contributed by atoms with Crippen LogP contribution in [0.25, 0.3) is 0 Å². The second kappa shape index (κ2) is 7.22. The highest BCUT2D eigenvalue weighted by molar-refractivity contribution is 5.69. The Morgan fingerprint density at radius 3 is 2.68 bits per heavy atom. The van der Waals surface area contributed by atoms with Gasteiger partial charge in [0, 0.05) is 19.6 Å². The Balaban J connectivity index is 1.58. The van der Waals surface area contributed by atoms with E-state index in [1.54, 1.807) is 0 Å². The van der Waals surface area contributed by atoms with Gasteiger partial charge >= 0.3 is 5.97 Å². The van der Waals surface area contributed by atoms with E-state index in [1.165, 1.54) is 0 Å². The van der Waals surface area contributed by atoms with Gasteiger partial charge in [-0.05, 0) is 45.2 Å². The standard InChI is InChI=1S/C14H26N2O3/c1-16-6-7-19-13(10-16)9-15-8-11-2-4-12(5-3-11)14(17)18/h11-13,15H,2-10H2,1H3,(H,17,18). The summed E-state index contributed by atoms with van der Waals surface area (Å²) in [5.41, 5.74) is 0. The van der Waals surface area contributed by atoms with Gasteiger partial charge in [0.1, 0.15) is 0 Å². The molecule has 110 valence electrons. The van der Waals surface area contributed by atoms with Gasteiger partial charge in [-0.15, -0.1) is 0 Å². The third-order valence-electron chi connectivity index (χ3n) is 4.34. The molecule has 1 unspecified atom stereocenters. The van der Waals surface area contributed by atoms with E-state index in [1.807, 2.05) is 0 Å². The zero-order chi connectivity index (χ0) is 13.7. The fourth-order valence-electron chi connectivity index (χ4n) is 3.05. The third-order valence-corrected chi connectivity index (χ3v) is 4.34. The molecule has 0 bridgehead atoms. The van der Waals surface area contributed by atoms with E-state index in [0.717, 1.165) is 58.5 Å². The molecule has 0 amide bonds. The third kappa shape index (κ3) is 4.75. The summed E-state index contributed by atoms with van der Waals surface area (Å²) in [4.78, 5) is 13.2. The normalized spacial score (nSPS) is 33.2. The number of carboxylic acids is 1. The molecule has 0 spiro atoms. The molecule has 1 saturated carbocycles. The Morgan fingerprint density at radius 1 is 1.32 bits per heavy atom. The number of rotatable bonds is 5. The Morgan fingerprint density at radius 2 is 2.05 bits per heavy atom. The van der Waals surface area contributed by atoms with Crippen molar-refractivity contribution in [1.29, 1.82) is 0 Å². The lowest BCUT2D eigenvalue weighted by molar-refractivity contribution is -0.143. The zero-order valence-electron chi connectivity index (χ0n) is 11.8. The second-order valence-electron chi connectivity index (χ2n) is 5.97. The molecule has 1 saturated heterocycles. The Labute approximate surface area is 115 Å². The minimum Gasteiger partial charge on any atom is -0.481 e. The highest BCUT2D eigenvalue weighted by Crippen LogP contribution is 2.28. The predicted molar refractivity (Wildman–Crippen MR) is 73.2 cm³/mol. The van der Waals surface area contributed by atoms with Crippen molar-refractivity contribution in [2.24, 2.45) is 11.8 Å². The van der Waals surface area contributed by atoms with Crippen molar-refractivity contribution in [2.45, 2.75) is 31.8 Å². The maximum absolute atomic E-state index is 10.9. The van der Waals surface area contributed by atoms with Crippen molar-refractivity contribution in [3.8, 4) is 0 Å². The predicted octanol–water partition coefficient (Wildman–Crippen LogP) is 0.798. The lowest BCUT2D eigenvalue weighted by Gasteiger charge is -2.31. The van der Waals surface area contributed by atoms with Crippen LogP contribution in [0.1, 0.15) is 25.7 Å². The Hall–Kier alpha value is -0.650. The minimum atomic E-state index is -0.620. The number of nitrogens with one attached hydrogen (secondary N) is 1. The van der Waals surface area contributed by atoms with Crippen LogP contribution >= 0.6 is 0 Å². The molecule has 2 aliphatic rings. The van der Waals surface area contributed by atoms with E-state index in [0.29, 0.717) is 12.0 Å². The highest BCUT2D eigenvalue weighted by Gasteiger charge is 2.26. The van der Waals surface area contributed by atoms with Gasteiger partial charge < -0.3 is 20.1 Å². The van der Waals surface area contributed by atoms with Crippen LogP contribution < -0.4 is 5.32 Å². The molecular weight excluding hydrogens is 244 g/mol. The minimum absolute atomic E-state index is 0.105. The molecule has 1 atom stereocenters. The number of morpholine rings is 1. The van der Waals surface area contributed by atoms with Crippen LogP contribution in [0.5, 0.6) is 0 Å². The highest BCUT2D eigenvalue weighted by atomic mass is 16.5. The molecule has 0 radical (unpaired) electrons. The number of ether oxygens (including phenoxy) is 1. The van der Waals surface area contributed by atoms with Crippen molar-refractivity contribution in [3.63, 3.8) is 0 Å². The van der Waals surface area contributed by atoms with Crippen LogP contribution in [0.15, 0.2) is 0 Å². The fourth-order valence-corrected chi connectivity index (χ4v) is 3.05. The first-order valence-corrected chi connectivity index (χ1v) is 7.39. The molecule has 2 N–H and O–H groups in total. The van der Waals surface area contributed by atoms with Gasteiger partial charge in [0.05, 0.1) is 18.6 Å². The average molecular weight is 270 g/mol. The quantitative estimate of drug-likeness (QED) is 0.773. The molecule has 1 aliphatic heterocycles. The smallest absolute Gasteiger partial charge is 0.306 e. The zero-order valence-corrected chi connectivity index (χ0v) is 11.8. The van der Waals surface area contributed by atoms with Crippen LogP contribution in [0.2, 0.25) is 0 Å². The molecule has 0 aromatic carbocycles. The van der Waals surface area contributed by atoms with Gasteiger partial charge in [0.25, 0.3) is 0 Å².